The average Bonchev–Trinajstić information content (AvgIpc) is 2.54. The van der Waals surface area contributed by atoms with Crippen molar-refractivity contribution in [2.45, 2.75) is 67.0 Å². The predicted molar refractivity (Wildman–Crippen MR) is 77.9 cm³/mol. The van der Waals surface area contributed by atoms with E-state index in [1.54, 1.807) is 0 Å². The molecule has 0 fully saturated rings. The zero-order valence-corrected chi connectivity index (χ0v) is 12.9. The maximum atomic E-state index is 4.69. The van der Waals surface area contributed by atoms with Crippen LogP contribution in [0.25, 0.3) is 0 Å². The van der Waals surface area contributed by atoms with E-state index in [0.717, 1.165) is 19.0 Å². The summed E-state index contributed by atoms with van der Waals surface area (Å²) < 4.78 is 2.18. The fourth-order valence-electron chi connectivity index (χ4n) is 2.61. The van der Waals surface area contributed by atoms with E-state index in [-0.39, 0.29) is 0 Å². The van der Waals surface area contributed by atoms with E-state index < -0.39 is 0 Å². The molecule has 1 heterocycles. The molecule has 0 aliphatic rings. The molecule has 0 aromatic carbocycles. The van der Waals surface area contributed by atoms with Crippen LogP contribution in [0.3, 0.4) is 0 Å². The van der Waals surface area contributed by atoms with Gasteiger partial charge in [0.25, 0.3) is 0 Å². The van der Waals surface area contributed by atoms with Gasteiger partial charge in [-0.1, -0.05) is 20.8 Å². The van der Waals surface area contributed by atoms with Gasteiger partial charge in [-0.3, -0.25) is 4.68 Å². The Balaban J connectivity index is 2.74. The molecule has 3 heteroatoms. The van der Waals surface area contributed by atoms with Crippen LogP contribution in [-0.4, -0.2) is 16.3 Å². The van der Waals surface area contributed by atoms with Gasteiger partial charge in [-0.25, -0.2) is 0 Å². The summed E-state index contributed by atoms with van der Waals surface area (Å²) in [6.45, 7) is 15.3. The van der Waals surface area contributed by atoms with Crippen LogP contribution in [-0.2, 0) is 6.54 Å². The third-order valence-electron chi connectivity index (χ3n) is 3.53. The summed E-state index contributed by atoms with van der Waals surface area (Å²) in [6.07, 6.45) is 2.49. The number of aryl methyl sites for hydroxylation is 2. The molecule has 0 aliphatic heterocycles. The lowest BCUT2D eigenvalue weighted by Gasteiger charge is -2.13. The number of nitrogens with zero attached hydrogens (tertiary/aromatic N) is 2. The first-order valence-corrected chi connectivity index (χ1v) is 7.24. The second-order valence-corrected chi connectivity index (χ2v) is 5.62. The van der Waals surface area contributed by atoms with Crippen molar-refractivity contribution in [3.8, 4) is 0 Å². The van der Waals surface area contributed by atoms with Crippen molar-refractivity contribution in [1.29, 1.82) is 0 Å². The van der Waals surface area contributed by atoms with Crippen molar-refractivity contribution in [2.75, 3.05) is 6.54 Å². The molecule has 0 amide bonds. The lowest BCUT2D eigenvalue weighted by atomic mass is 10.1. The Morgan fingerprint density at radius 3 is 2.44 bits per heavy atom. The first kappa shape index (κ1) is 15.2. The zero-order valence-electron chi connectivity index (χ0n) is 12.9. The Kier molecular flexibility index (Phi) is 5.86. The van der Waals surface area contributed by atoms with Gasteiger partial charge in [0.2, 0.25) is 0 Å². The van der Waals surface area contributed by atoms with E-state index in [1.807, 2.05) is 0 Å². The van der Waals surface area contributed by atoms with Crippen LogP contribution in [0.15, 0.2) is 0 Å². The minimum absolute atomic E-state index is 0.397. The Bertz CT molecular complexity index is 366. The van der Waals surface area contributed by atoms with E-state index in [0.29, 0.717) is 6.04 Å². The highest BCUT2D eigenvalue weighted by molar-refractivity contribution is 5.27. The minimum Gasteiger partial charge on any atom is -0.310 e. The molecule has 1 aromatic rings. The summed E-state index contributed by atoms with van der Waals surface area (Å²) in [5.74, 6) is 0.780. The quantitative estimate of drug-likeness (QED) is 0.802. The smallest absolute Gasteiger partial charge is 0.0644 e. The standard InChI is InChI=1S/C15H29N3/c1-7-16-12(4)15-13(5)17-18(14(15)6)10-8-9-11(2)3/h11-12,16H,7-10H2,1-6H3. The van der Waals surface area contributed by atoms with Crippen molar-refractivity contribution >= 4 is 0 Å². The van der Waals surface area contributed by atoms with Gasteiger partial charge in [-0.05, 0) is 46.1 Å². The monoisotopic (exact) mass is 251 g/mol. The van der Waals surface area contributed by atoms with E-state index in [9.17, 15) is 0 Å². The molecule has 0 aliphatic carbocycles. The molecule has 0 saturated heterocycles. The van der Waals surface area contributed by atoms with Gasteiger partial charge in [-0.15, -0.1) is 0 Å². The number of hydrogen-bond acceptors (Lipinski definition) is 2. The van der Waals surface area contributed by atoms with Gasteiger partial charge in [0.15, 0.2) is 0 Å². The van der Waals surface area contributed by atoms with Crippen molar-refractivity contribution in [3.63, 3.8) is 0 Å². The summed E-state index contributed by atoms with van der Waals surface area (Å²) >= 11 is 0. The molecule has 1 aromatic heterocycles. The topological polar surface area (TPSA) is 29.9 Å². The number of nitrogens with one attached hydrogen (secondary N) is 1. The molecule has 1 rings (SSSR count). The predicted octanol–water partition coefficient (Wildman–Crippen LogP) is 3.61. The highest BCUT2D eigenvalue weighted by Crippen LogP contribution is 2.21. The van der Waals surface area contributed by atoms with E-state index in [2.05, 4.69) is 56.6 Å². The van der Waals surface area contributed by atoms with Crippen LogP contribution >= 0.6 is 0 Å². The van der Waals surface area contributed by atoms with Crippen molar-refractivity contribution in [3.05, 3.63) is 17.0 Å². The van der Waals surface area contributed by atoms with Gasteiger partial charge in [0.1, 0.15) is 0 Å². The van der Waals surface area contributed by atoms with Crippen LogP contribution < -0.4 is 5.32 Å². The molecule has 0 spiro atoms. The Labute approximate surface area is 112 Å². The second-order valence-electron chi connectivity index (χ2n) is 5.62. The Morgan fingerprint density at radius 2 is 1.89 bits per heavy atom. The molecule has 0 saturated carbocycles. The molecule has 104 valence electrons. The van der Waals surface area contributed by atoms with E-state index in [4.69, 9.17) is 0 Å². The largest absolute Gasteiger partial charge is 0.310 e. The van der Waals surface area contributed by atoms with Crippen LogP contribution in [0, 0.1) is 19.8 Å². The lowest BCUT2D eigenvalue weighted by Crippen LogP contribution is -2.19. The Hall–Kier alpha value is -0.830. The summed E-state index contributed by atoms with van der Waals surface area (Å²) in [7, 11) is 0. The maximum absolute atomic E-state index is 4.69. The summed E-state index contributed by atoms with van der Waals surface area (Å²) in [4.78, 5) is 0. The first-order chi connectivity index (χ1) is 8.47. The second kappa shape index (κ2) is 6.93. The van der Waals surface area contributed by atoms with Crippen LogP contribution in [0.2, 0.25) is 0 Å². The third kappa shape index (κ3) is 3.84. The number of aromatic nitrogens is 2. The first-order valence-electron chi connectivity index (χ1n) is 7.24. The van der Waals surface area contributed by atoms with Crippen molar-refractivity contribution in [1.82, 2.24) is 15.1 Å². The van der Waals surface area contributed by atoms with Gasteiger partial charge in [0, 0.05) is 23.8 Å². The van der Waals surface area contributed by atoms with Gasteiger partial charge in [-0.2, -0.15) is 5.10 Å². The van der Waals surface area contributed by atoms with E-state index in [1.165, 1.54) is 29.8 Å². The van der Waals surface area contributed by atoms with Crippen LogP contribution in [0.1, 0.15) is 63.5 Å². The number of rotatable bonds is 7. The SMILES string of the molecule is CCNC(C)c1c(C)nn(CCCC(C)C)c1C. The third-order valence-corrected chi connectivity index (χ3v) is 3.53. The fourth-order valence-corrected chi connectivity index (χ4v) is 2.61. The minimum atomic E-state index is 0.397. The van der Waals surface area contributed by atoms with Gasteiger partial charge >= 0.3 is 0 Å². The fraction of sp³-hybridized carbons (Fsp3) is 0.800. The normalized spacial score (nSPS) is 13.3. The average molecular weight is 251 g/mol. The summed E-state index contributed by atoms with van der Waals surface area (Å²) in [6, 6.07) is 0.397. The van der Waals surface area contributed by atoms with Crippen LogP contribution in [0.4, 0.5) is 0 Å². The highest BCUT2D eigenvalue weighted by atomic mass is 15.3. The van der Waals surface area contributed by atoms with Crippen molar-refractivity contribution in [2.24, 2.45) is 5.92 Å². The molecule has 3 nitrogen and oxygen atoms in total. The van der Waals surface area contributed by atoms with E-state index >= 15 is 0 Å². The maximum Gasteiger partial charge on any atom is 0.0644 e. The molecular formula is C15H29N3. The summed E-state index contributed by atoms with van der Waals surface area (Å²) in [5, 5.41) is 8.16. The van der Waals surface area contributed by atoms with Gasteiger partial charge in [0.05, 0.1) is 5.69 Å². The molecule has 0 bridgehead atoms. The zero-order chi connectivity index (χ0) is 13.7. The number of hydrogen-bond donors (Lipinski definition) is 1. The molecule has 0 radical (unpaired) electrons. The lowest BCUT2D eigenvalue weighted by molar-refractivity contribution is 0.482. The molecule has 18 heavy (non-hydrogen) atoms. The molecular weight excluding hydrogens is 222 g/mol. The summed E-state index contributed by atoms with van der Waals surface area (Å²) in [5.41, 5.74) is 3.87. The Morgan fingerprint density at radius 1 is 1.22 bits per heavy atom. The van der Waals surface area contributed by atoms with Crippen molar-refractivity contribution < 1.29 is 0 Å². The molecule has 1 N–H and O–H groups in total. The highest BCUT2D eigenvalue weighted by Gasteiger charge is 2.16. The molecule has 1 atom stereocenters. The van der Waals surface area contributed by atoms with Gasteiger partial charge < -0.3 is 5.32 Å². The van der Waals surface area contributed by atoms with Crippen LogP contribution in [0.5, 0.6) is 0 Å². The molecule has 1 unspecified atom stereocenters.